The second-order valence-corrected chi connectivity index (χ2v) is 6.42. The van der Waals surface area contributed by atoms with Crippen LogP contribution in [0.4, 0.5) is 0 Å². The maximum atomic E-state index is 6.41. The van der Waals surface area contributed by atoms with E-state index < -0.39 is 0 Å². The third-order valence-corrected chi connectivity index (χ3v) is 4.86. The highest BCUT2D eigenvalue weighted by molar-refractivity contribution is 9.10. The van der Waals surface area contributed by atoms with Crippen LogP contribution in [0.25, 0.3) is 0 Å². The van der Waals surface area contributed by atoms with E-state index in [0.717, 1.165) is 37.1 Å². The van der Waals surface area contributed by atoms with Crippen LogP contribution in [0.2, 0.25) is 0 Å². The molecule has 0 fully saturated rings. The molecule has 0 radical (unpaired) electrons. The quantitative estimate of drug-likeness (QED) is 0.795. The van der Waals surface area contributed by atoms with Gasteiger partial charge in [0, 0.05) is 10.0 Å². The summed E-state index contributed by atoms with van der Waals surface area (Å²) in [7, 11) is 3.29. The zero-order chi connectivity index (χ0) is 15.6. The van der Waals surface area contributed by atoms with Crippen LogP contribution in [0.5, 0.6) is 11.5 Å². The zero-order valence-electron chi connectivity index (χ0n) is 12.1. The number of halogens is 2. The maximum absolute atomic E-state index is 6.41. The molecule has 2 rings (SSSR count). The van der Waals surface area contributed by atoms with Crippen molar-refractivity contribution in [2.24, 2.45) is 5.73 Å². The Morgan fingerprint density at radius 2 is 1.62 bits per heavy atom. The summed E-state index contributed by atoms with van der Waals surface area (Å²) in [5.74, 6) is 1.57. The topological polar surface area (TPSA) is 44.5 Å². The first-order valence-corrected chi connectivity index (χ1v) is 7.99. The number of rotatable bonds is 4. The lowest BCUT2D eigenvalue weighted by atomic mass is 9.97. The molecule has 0 aromatic heterocycles. The Morgan fingerprint density at radius 3 is 2.19 bits per heavy atom. The standard InChI is InChI=1S/C16H17Br2NO2/c1-9-6-15(21-3)11(8-12(9)17)16(19)10-4-5-14(20-2)13(18)7-10/h4-8,16H,19H2,1-3H3. The van der Waals surface area contributed by atoms with Crippen LogP contribution in [0, 0.1) is 6.92 Å². The second kappa shape index (κ2) is 6.81. The van der Waals surface area contributed by atoms with E-state index in [9.17, 15) is 0 Å². The van der Waals surface area contributed by atoms with E-state index in [4.69, 9.17) is 15.2 Å². The van der Waals surface area contributed by atoms with E-state index in [-0.39, 0.29) is 6.04 Å². The summed E-state index contributed by atoms with van der Waals surface area (Å²) in [6.45, 7) is 2.02. The van der Waals surface area contributed by atoms with Crippen molar-refractivity contribution in [2.75, 3.05) is 14.2 Å². The maximum Gasteiger partial charge on any atom is 0.133 e. The highest BCUT2D eigenvalue weighted by atomic mass is 79.9. The molecule has 2 N–H and O–H groups in total. The molecule has 0 heterocycles. The molecule has 5 heteroatoms. The Labute approximate surface area is 141 Å². The summed E-state index contributed by atoms with van der Waals surface area (Å²) >= 11 is 7.04. The molecule has 2 aromatic carbocycles. The Balaban J connectivity index is 2.46. The first kappa shape index (κ1) is 16.3. The minimum Gasteiger partial charge on any atom is -0.496 e. The second-order valence-electron chi connectivity index (χ2n) is 4.71. The Bertz CT molecular complexity index is 659. The molecule has 1 atom stereocenters. The van der Waals surface area contributed by atoms with Gasteiger partial charge < -0.3 is 15.2 Å². The third kappa shape index (κ3) is 3.42. The summed E-state index contributed by atoms with van der Waals surface area (Å²) in [4.78, 5) is 0. The van der Waals surface area contributed by atoms with Gasteiger partial charge in [0.1, 0.15) is 11.5 Å². The Kier molecular flexibility index (Phi) is 5.30. The molecular weight excluding hydrogens is 398 g/mol. The normalized spacial score (nSPS) is 12.1. The average molecular weight is 415 g/mol. The molecule has 0 amide bonds. The van der Waals surface area contributed by atoms with Gasteiger partial charge in [-0.15, -0.1) is 0 Å². The molecule has 0 aliphatic carbocycles. The van der Waals surface area contributed by atoms with Crippen molar-refractivity contribution in [1.82, 2.24) is 0 Å². The molecule has 0 saturated heterocycles. The van der Waals surface area contributed by atoms with Crippen molar-refractivity contribution in [1.29, 1.82) is 0 Å². The van der Waals surface area contributed by atoms with Crippen LogP contribution in [-0.4, -0.2) is 14.2 Å². The van der Waals surface area contributed by atoms with Crippen molar-refractivity contribution in [2.45, 2.75) is 13.0 Å². The average Bonchev–Trinajstić information content (AvgIpc) is 2.48. The highest BCUT2D eigenvalue weighted by Crippen LogP contribution is 2.35. The predicted octanol–water partition coefficient (Wildman–Crippen LogP) is 4.59. The van der Waals surface area contributed by atoms with Gasteiger partial charge in [0.2, 0.25) is 0 Å². The molecule has 3 nitrogen and oxygen atoms in total. The molecule has 21 heavy (non-hydrogen) atoms. The third-order valence-electron chi connectivity index (χ3n) is 3.38. The molecule has 112 valence electrons. The van der Waals surface area contributed by atoms with Gasteiger partial charge in [-0.25, -0.2) is 0 Å². The summed E-state index contributed by atoms with van der Waals surface area (Å²) in [5, 5.41) is 0. The minimum absolute atomic E-state index is 0.279. The van der Waals surface area contributed by atoms with E-state index in [0.29, 0.717) is 0 Å². The van der Waals surface area contributed by atoms with E-state index in [1.54, 1.807) is 14.2 Å². The smallest absolute Gasteiger partial charge is 0.133 e. The van der Waals surface area contributed by atoms with Crippen molar-refractivity contribution < 1.29 is 9.47 Å². The van der Waals surface area contributed by atoms with Crippen molar-refractivity contribution in [3.63, 3.8) is 0 Å². The highest BCUT2D eigenvalue weighted by Gasteiger charge is 2.17. The number of nitrogens with two attached hydrogens (primary N) is 1. The summed E-state index contributed by atoms with van der Waals surface area (Å²) in [5.41, 5.74) is 9.44. The molecule has 1 unspecified atom stereocenters. The molecule has 0 bridgehead atoms. The van der Waals surface area contributed by atoms with Gasteiger partial charge in [0.25, 0.3) is 0 Å². The number of hydrogen-bond donors (Lipinski definition) is 1. The van der Waals surface area contributed by atoms with Gasteiger partial charge in [0.05, 0.1) is 24.7 Å². The molecule has 0 aliphatic rings. The fourth-order valence-electron chi connectivity index (χ4n) is 2.15. The minimum atomic E-state index is -0.279. The monoisotopic (exact) mass is 413 g/mol. The fourth-order valence-corrected chi connectivity index (χ4v) is 3.07. The van der Waals surface area contributed by atoms with Crippen LogP contribution in [-0.2, 0) is 0 Å². The number of methoxy groups -OCH3 is 2. The molecule has 0 aliphatic heterocycles. The Hall–Kier alpha value is -1.04. The molecular formula is C16H17Br2NO2. The SMILES string of the molecule is COc1ccc(C(N)c2cc(Br)c(C)cc2OC)cc1Br. The van der Waals surface area contributed by atoms with Crippen LogP contribution in [0.15, 0.2) is 39.3 Å². The van der Waals surface area contributed by atoms with Crippen LogP contribution in [0.1, 0.15) is 22.7 Å². The van der Waals surface area contributed by atoms with Crippen molar-refractivity contribution >= 4 is 31.9 Å². The van der Waals surface area contributed by atoms with Gasteiger partial charge in [-0.2, -0.15) is 0 Å². The fraction of sp³-hybridized carbons (Fsp3) is 0.250. The van der Waals surface area contributed by atoms with Gasteiger partial charge in [0.15, 0.2) is 0 Å². The molecule has 0 saturated carbocycles. The van der Waals surface area contributed by atoms with Crippen LogP contribution < -0.4 is 15.2 Å². The summed E-state index contributed by atoms with van der Waals surface area (Å²) in [6, 6.07) is 9.54. The predicted molar refractivity (Wildman–Crippen MR) is 92.2 cm³/mol. The largest absolute Gasteiger partial charge is 0.496 e. The number of ether oxygens (including phenoxy) is 2. The van der Waals surface area contributed by atoms with Crippen molar-refractivity contribution in [3.8, 4) is 11.5 Å². The molecule has 2 aromatic rings. The molecule has 0 spiro atoms. The van der Waals surface area contributed by atoms with Crippen LogP contribution in [0.3, 0.4) is 0 Å². The first-order valence-electron chi connectivity index (χ1n) is 6.41. The van der Waals surface area contributed by atoms with E-state index in [1.165, 1.54) is 0 Å². The van der Waals surface area contributed by atoms with E-state index in [2.05, 4.69) is 31.9 Å². The van der Waals surface area contributed by atoms with Gasteiger partial charge in [-0.3, -0.25) is 0 Å². The zero-order valence-corrected chi connectivity index (χ0v) is 15.3. The first-order chi connectivity index (χ1) is 9.97. The van der Waals surface area contributed by atoms with E-state index >= 15 is 0 Å². The Morgan fingerprint density at radius 1 is 0.952 bits per heavy atom. The van der Waals surface area contributed by atoms with Gasteiger partial charge >= 0.3 is 0 Å². The summed E-state index contributed by atoms with van der Waals surface area (Å²) < 4.78 is 12.6. The summed E-state index contributed by atoms with van der Waals surface area (Å²) in [6.07, 6.45) is 0. The number of benzene rings is 2. The number of aryl methyl sites for hydroxylation is 1. The van der Waals surface area contributed by atoms with Gasteiger partial charge in [-0.05, 0) is 58.2 Å². The van der Waals surface area contributed by atoms with Gasteiger partial charge in [-0.1, -0.05) is 22.0 Å². The lowest BCUT2D eigenvalue weighted by Crippen LogP contribution is -2.13. The van der Waals surface area contributed by atoms with Crippen LogP contribution >= 0.6 is 31.9 Å². The number of hydrogen-bond acceptors (Lipinski definition) is 3. The van der Waals surface area contributed by atoms with E-state index in [1.807, 2.05) is 37.3 Å². The van der Waals surface area contributed by atoms with Crippen molar-refractivity contribution in [3.05, 3.63) is 56.0 Å². The lowest BCUT2D eigenvalue weighted by molar-refractivity contribution is 0.407. The lowest BCUT2D eigenvalue weighted by Gasteiger charge is -2.18.